The summed E-state index contributed by atoms with van der Waals surface area (Å²) in [6.07, 6.45) is 0. The van der Waals surface area contributed by atoms with Crippen LogP contribution in [0.5, 0.6) is 0 Å². The number of hydrogen-bond acceptors (Lipinski definition) is 3. The number of aromatic carboxylic acids is 1. The quantitative estimate of drug-likeness (QED) is 0.460. The van der Waals surface area contributed by atoms with Crippen LogP contribution in [-0.2, 0) is 0 Å². The number of carbonyl (C=O) groups is 1. The summed E-state index contributed by atoms with van der Waals surface area (Å²) in [5.41, 5.74) is 4.91. The van der Waals surface area contributed by atoms with E-state index in [1.807, 2.05) is 0 Å². The fourth-order valence-corrected chi connectivity index (χ4v) is 0.973. The molecule has 5 heteroatoms. The van der Waals surface area contributed by atoms with Gasteiger partial charge < -0.3 is 10.8 Å². The molecule has 0 spiro atoms. The van der Waals surface area contributed by atoms with Gasteiger partial charge in [0.1, 0.15) is 5.82 Å². The maximum atomic E-state index is 12.8. The summed E-state index contributed by atoms with van der Waals surface area (Å²) >= 11 is 3.80. The second kappa shape index (κ2) is 3.02. The van der Waals surface area contributed by atoms with E-state index in [0.29, 0.717) is 0 Å². The van der Waals surface area contributed by atoms with E-state index in [0.717, 1.165) is 6.07 Å². The number of hydrogen-bond donors (Lipinski definition) is 3. The fraction of sp³-hybridized carbons (Fsp3) is 0. The first kappa shape index (κ1) is 8.86. The summed E-state index contributed by atoms with van der Waals surface area (Å²) in [5.74, 6) is -1.97. The molecule has 1 aromatic carbocycles. The molecule has 0 atom stereocenters. The first-order valence-corrected chi connectivity index (χ1v) is 3.48. The average molecular weight is 187 g/mol. The molecule has 0 unspecified atom stereocenters. The van der Waals surface area contributed by atoms with Crippen molar-refractivity contribution in [1.29, 1.82) is 0 Å². The molecule has 64 valence electrons. The minimum Gasteiger partial charge on any atom is -0.478 e. The topological polar surface area (TPSA) is 63.3 Å². The third-order valence-corrected chi connectivity index (χ3v) is 1.72. The van der Waals surface area contributed by atoms with Gasteiger partial charge in [0.25, 0.3) is 0 Å². The smallest absolute Gasteiger partial charge is 0.335 e. The molecular weight excluding hydrogens is 181 g/mol. The molecule has 0 aromatic heterocycles. The van der Waals surface area contributed by atoms with E-state index in [9.17, 15) is 9.18 Å². The van der Waals surface area contributed by atoms with Gasteiger partial charge >= 0.3 is 5.97 Å². The van der Waals surface area contributed by atoms with E-state index < -0.39 is 11.8 Å². The number of rotatable bonds is 1. The number of carboxylic acid groups (broad SMARTS) is 1. The third-order valence-electron chi connectivity index (χ3n) is 1.35. The molecule has 0 aliphatic carbocycles. The minimum atomic E-state index is -1.20. The number of thiol groups is 1. The van der Waals surface area contributed by atoms with Crippen molar-refractivity contribution in [3.8, 4) is 0 Å². The van der Waals surface area contributed by atoms with Crippen LogP contribution in [0.25, 0.3) is 0 Å². The highest BCUT2D eigenvalue weighted by atomic mass is 32.1. The largest absolute Gasteiger partial charge is 0.478 e. The summed E-state index contributed by atoms with van der Waals surface area (Å²) in [7, 11) is 0. The molecule has 12 heavy (non-hydrogen) atoms. The number of nitrogen functional groups attached to an aromatic ring is 1. The van der Waals surface area contributed by atoms with Gasteiger partial charge in [-0.3, -0.25) is 0 Å². The molecule has 0 heterocycles. The van der Waals surface area contributed by atoms with Crippen molar-refractivity contribution in [2.75, 3.05) is 5.73 Å². The van der Waals surface area contributed by atoms with Crippen molar-refractivity contribution < 1.29 is 14.3 Å². The summed E-state index contributed by atoms with van der Waals surface area (Å²) in [6.45, 7) is 0. The predicted molar refractivity (Wildman–Crippen MR) is 45.0 cm³/mol. The molecule has 3 nitrogen and oxygen atoms in total. The molecule has 1 aromatic rings. The van der Waals surface area contributed by atoms with Crippen LogP contribution in [-0.4, -0.2) is 11.1 Å². The van der Waals surface area contributed by atoms with Crippen LogP contribution in [0.1, 0.15) is 10.4 Å². The summed E-state index contributed by atoms with van der Waals surface area (Å²) in [4.78, 5) is 10.5. The first-order chi connectivity index (χ1) is 5.52. The minimum absolute atomic E-state index is 0.132. The van der Waals surface area contributed by atoms with Gasteiger partial charge in [-0.15, -0.1) is 12.6 Å². The Kier molecular flexibility index (Phi) is 2.23. The lowest BCUT2D eigenvalue weighted by atomic mass is 10.2. The summed E-state index contributed by atoms with van der Waals surface area (Å²) in [5, 5.41) is 8.48. The number of anilines is 1. The monoisotopic (exact) mass is 187 g/mol. The molecule has 0 saturated heterocycles. The Hall–Kier alpha value is -1.23. The van der Waals surface area contributed by atoms with E-state index in [-0.39, 0.29) is 16.1 Å². The Morgan fingerprint density at radius 2 is 2.17 bits per heavy atom. The lowest BCUT2D eigenvalue weighted by Crippen LogP contribution is -2.00. The number of halogens is 1. The standard InChI is InChI=1S/C7H6FNO2S/c8-4-1-3(7(10)11)2-5(12)6(4)9/h1-2,12H,9H2,(H,10,11). The zero-order chi connectivity index (χ0) is 9.30. The van der Waals surface area contributed by atoms with Crippen LogP contribution in [0.2, 0.25) is 0 Å². The van der Waals surface area contributed by atoms with Crippen molar-refractivity contribution in [2.45, 2.75) is 4.90 Å². The second-order valence-electron chi connectivity index (χ2n) is 2.20. The van der Waals surface area contributed by atoms with Crippen molar-refractivity contribution in [3.63, 3.8) is 0 Å². The first-order valence-electron chi connectivity index (χ1n) is 3.03. The van der Waals surface area contributed by atoms with Gasteiger partial charge in [-0.25, -0.2) is 9.18 Å². The van der Waals surface area contributed by atoms with Gasteiger partial charge in [0.2, 0.25) is 0 Å². The van der Waals surface area contributed by atoms with E-state index in [1.165, 1.54) is 6.07 Å². The maximum absolute atomic E-state index is 12.8. The summed E-state index contributed by atoms with van der Waals surface area (Å²) in [6, 6.07) is 2.06. The van der Waals surface area contributed by atoms with Gasteiger partial charge in [0, 0.05) is 4.90 Å². The van der Waals surface area contributed by atoms with Crippen LogP contribution in [0.4, 0.5) is 10.1 Å². The molecule has 0 aliphatic rings. The van der Waals surface area contributed by atoms with Gasteiger partial charge in [0.05, 0.1) is 11.3 Å². The molecule has 0 bridgehead atoms. The van der Waals surface area contributed by atoms with E-state index >= 15 is 0 Å². The van der Waals surface area contributed by atoms with Crippen LogP contribution in [0.3, 0.4) is 0 Å². The van der Waals surface area contributed by atoms with Gasteiger partial charge in [0.15, 0.2) is 0 Å². The number of carboxylic acids is 1. The van der Waals surface area contributed by atoms with Gasteiger partial charge in [-0.2, -0.15) is 0 Å². The molecule has 0 aliphatic heterocycles. The average Bonchev–Trinajstić information content (AvgIpc) is 1.99. The molecule has 0 fully saturated rings. The molecule has 0 radical (unpaired) electrons. The number of benzene rings is 1. The zero-order valence-electron chi connectivity index (χ0n) is 5.91. The lowest BCUT2D eigenvalue weighted by molar-refractivity contribution is 0.0696. The van der Waals surface area contributed by atoms with Gasteiger partial charge in [-0.05, 0) is 12.1 Å². The molecule has 1 rings (SSSR count). The highest BCUT2D eigenvalue weighted by Gasteiger charge is 2.09. The predicted octanol–water partition coefficient (Wildman–Crippen LogP) is 1.39. The summed E-state index contributed by atoms with van der Waals surface area (Å²) < 4.78 is 12.8. The third kappa shape index (κ3) is 1.50. The van der Waals surface area contributed by atoms with Crippen LogP contribution >= 0.6 is 12.6 Å². The SMILES string of the molecule is Nc1c(F)cc(C(=O)O)cc1S. The zero-order valence-corrected chi connectivity index (χ0v) is 6.81. The van der Waals surface area contributed by atoms with E-state index in [4.69, 9.17) is 10.8 Å². The normalized spacial score (nSPS) is 9.83. The van der Waals surface area contributed by atoms with Crippen LogP contribution in [0.15, 0.2) is 17.0 Å². The van der Waals surface area contributed by atoms with Crippen LogP contribution in [0, 0.1) is 5.82 Å². The van der Waals surface area contributed by atoms with Crippen molar-refractivity contribution >= 4 is 24.3 Å². The molecule has 0 amide bonds. The van der Waals surface area contributed by atoms with E-state index in [2.05, 4.69) is 12.6 Å². The second-order valence-corrected chi connectivity index (χ2v) is 2.68. The Morgan fingerprint density at radius 3 is 2.58 bits per heavy atom. The lowest BCUT2D eigenvalue weighted by Gasteiger charge is -2.01. The van der Waals surface area contributed by atoms with Crippen LogP contribution < -0.4 is 5.73 Å². The maximum Gasteiger partial charge on any atom is 0.335 e. The molecule has 0 saturated carbocycles. The van der Waals surface area contributed by atoms with Crippen molar-refractivity contribution in [3.05, 3.63) is 23.5 Å². The Morgan fingerprint density at radius 1 is 1.58 bits per heavy atom. The highest BCUT2D eigenvalue weighted by molar-refractivity contribution is 7.80. The van der Waals surface area contributed by atoms with Crippen molar-refractivity contribution in [2.24, 2.45) is 0 Å². The fourth-order valence-electron chi connectivity index (χ4n) is 0.727. The van der Waals surface area contributed by atoms with Crippen molar-refractivity contribution in [1.82, 2.24) is 0 Å². The molecule has 3 N–H and O–H groups in total. The number of nitrogens with two attached hydrogens (primary N) is 1. The Balaban J connectivity index is 3.31. The van der Waals surface area contributed by atoms with E-state index in [1.54, 1.807) is 0 Å². The van der Waals surface area contributed by atoms with Gasteiger partial charge in [-0.1, -0.05) is 0 Å². The molecular formula is C7H6FNO2S. The Bertz CT molecular complexity index is 317. The Labute approximate surface area is 73.4 Å². The highest BCUT2D eigenvalue weighted by Crippen LogP contribution is 2.21.